The summed E-state index contributed by atoms with van der Waals surface area (Å²) < 4.78 is 0. The highest BCUT2D eigenvalue weighted by atomic mass is 32.2. The van der Waals surface area contributed by atoms with Gasteiger partial charge >= 0.3 is 11.9 Å². The number of rotatable bonds is 13. The van der Waals surface area contributed by atoms with Gasteiger partial charge in [0.2, 0.25) is 11.8 Å². The quantitative estimate of drug-likeness (QED) is 0.0989. The zero-order chi connectivity index (χ0) is 24.4. The van der Waals surface area contributed by atoms with Gasteiger partial charge in [-0.1, -0.05) is 0 Å². The van der Waals surface area contributed by atoms with Crippen molar-refractivity contribution in [3.8, 4) is 0 Å². The summed E-state index contributed by atoms with van der Waals surface area (Å²) in [4.78, 5) is 45.9. The van der Waals surface area contributed by atoms with Crippen molar-refractivity contribution in [2.24, 2.45) is 5.73 Å². The van der Waals surface area contributed by atoms with Crippen molar-refractivity contribution >= 4 is 46.9 Å². The Hall–Kier alpha value is -2.83. The highest BCUT2D eigenvalue weighted by molar-refractivity contribution is 7.99. The molecule has 4 unspecified atom stereocenters. The molecule has 0 spiro atoms. The lowest BCUT2D eigenvalue weighted by Crippen LogP contribution is -3.01. The molecule has 0 aromatic heterocycles. The fourth-order valence-corrected chi connectivity index (χ4v) is 3.32. The molecule has 0 fully saturated rings. The van der Waals surface area contributed by atoms with E-state index in [0.717, 1.165) is 17.8 Å². The van der Waals surface area contributed by atoms with Crippen molar-refractivity contribution in [3.63, 3.8) is 0 Å². The van der Waals surface area contributed by atoms with Crippen LogP contribution in [0.15, 0.2) is 23.1 Å². The molecule has 0 aliphatic carbocycles. The van der Waals surface area contributed by atoms with Crippen LogP contribution in [0.1, 0.15) is 12.8 Å². The number of hydrogen-bond donors (Lipinski definition) is 9. The molecule has 1 rings (SSSR count). The lowest BCUT2D eigenvalue weighted by Gasteiger charge is -2.21. The number of hydrogen-bond acceptors (Lipinski definition) is 10. The second-order valence-corrected chi connectivity index (χ2v) is 7.41. The molecule has 1 aromatic carbocycles. The molecule has 0 aliphatic heterocycles. The third-order valence-corrected chi connectivity index (χ3v) is 5.09. The zero-order valence-electron chi connectivity index (χ0n) is 16.4. The van der Waals surface area contributed by atoms with Gasteiger partial charge in [0.15, 0.2) is 11.4 Å². The van der Waals surface area contributed by atoms with Crippen LogP contribution in [0.25, 0.3) is 0 Å². The number of aliphatic carboxylic acids is 2. The van der Waals surface area contributed by atoms with E-state index in [1.165, 1.54) is 12.1 Å². The normalized spacial score (nSPS) is 14.7. The Morgan fingerprint density at radius 2 is 1.78 bits per heavy atom. The number of amides is 2. The predicted molar refractivity (Wildman–Crippen MR) is 106 cm³/mol. The summed E-state index contributed by atoms with van der Waals surface area (Å²) in [5.41, 5.74) is 4.73. The number of benzene rings is 1. The van der Waals surface area contributed by atoms with Gasteiger partial charge in [0.1, 0.15) is 18.6 Å². The van der Waals surface area contributed by atoms with E-state index in [1.54, 1.807) is 0 Å². The lowest BCUT2D eigenvalue weighted by molar-refractivity contribution is -0.997. The summed E-state index contributed by atoms with van der Waals surface area (Å²) in [7, 11) is 0. The summed E-state index contributed by atoms with van der Waals surface area (Å²) in [6.07, 6.45) is -0.536. The van der Waals surface area contributed by atoms with Crippen LogP contribution in [-0.2, 0) is 19.2 Å². The Balaban J connectivity index is 2.94. The first kappa shape index (κ1) is 27.2. The van der Waals surface area contributed by atoms with Crippen molar-refractivity contribution in [2.45, 2.75) is 29.8 Å². The standard InChI is InChI=1S/C16H23N5O10S/c17-9(16(26)27)2-4-13(22)19-10(15(25)18-6-14(23)24)7-32-12-3-1-8(20(28)29)5-11(12)21(30)31/h1,3,5,9-10,20-21,28,30H,2,4,6-7,17H2,(H,18,25)(H,19,22)(H,23,24)(H,26,27). The fraction of sp³-hybridized carbons (Fsp3) is 0.375. The largest absolute Gasteiger partial charge is 0.595 e. The van der Waals surface area contributed by atoms with E-state index in [4.69, 9.17) is 21.2 Å². The third kappa shape index (κ3) is 9.12. The van der Waals surface area contributed by atoms with Crippen molar-refractivity contribution < 1.29 is 50.3 Å². The van der Waals surface area contributed by atoms with E-state index in [-0.39, 0.29) is 34.9 Å². The van der Waals surface area contributed by atoms with E-state index in [0.29, 0.717) is 0 Å². The van der Waals surface area contributed by atoms with Crippen LogP contribution in [0.2, 0.25) is 0 Å². The molecule has 0 aliphatic rings. The molecule has 0 saturated heterocycles. The Labute approximate surface area is 184 Å². The van der Waals surface area contributed by atoms with Crippen molar-refractivity contribution in [3.05, 3.63) is 28.6 Å². The number of carbonyl (C=O) groups excluding carboxylic acids is 2. The maximum absolute atomic E-state index is 12.3. The van der Waals surface area contributed by atoms with Gasteiger partial charge in [-0.15, -0.1) is 11.8 Å². The van der Waals surface area contributed by atoms with Crippen LogP contribution in [0.3, 0.4) is 0 Å². The van der Waals surface area contributed by atoms with Crippen LogP contribution in [-0.4, -0.2) is 68.8 Å². The Morgan fingerprint density at radius 1 is 1.12 bits per heavy atom. The SMILES string of the molecule is NC(CCC(=O)NC(CSc1ccc([NH+]([O-])O)cc1[NH+]([O-])O)C(=O)NCC(=O)O)C(=O)O. The molecule has 16 heteroatoms. The third-order valence-electron chi connectivity index (χ3n) is 3.93. The van der Waals surface area contributed by atoms with Gasteiger partial charge in [0.25, 0.3) is 0 Å². The van der Waals surface area contributed by atoms with Gasteiger partial charge in [-0.2, -0.15) is 10.5 Å². The molecule has 0 saturated carbocycles. The van der Waals surface area contributed by atoms with Crippen LogP contribution < -0.4 is 26.8 Å². The molecular formula is C16H23N5O10S. The average Bonchev–Trinajstić information content (AvgIpc) is 2.72. The van der Waals surface area contributed by atoms with Crippen LogP contribution in [0.5, 0.6) is 0 Å². The first-order chi connectivity index (χ1) is 14.9. The number of carboxylic acid groups (broad SMARTS) is 2. The van der Waals surface area contributed by atoms with E-state index >= 15 is 0 Å². The summed E-state index contributed by atoms with van der Waals surface area (Å²) in [5, 5.41) is 60.0. The van der Waals surface area contributed by atoms with E-state index < -0.39 is 52.8 Å². The number of quaternary nitrogens is 2. The summed E-state index contributed by atoms with van der Waals surface area (Å²) in [6, 6.07) is 0.757. The molecule has 2 amide bonds. The minimum absolute atomic E-state index is 0.112. The number of carbonyl (C=O) groups is 4. The fourth-order valence-electron chi connectivity index (χ4n) is 2.27. The molecule has 0 bridgehead atoms. The van der Waals surface area contributed by atoms with Gasteiger partial charge in [-0.25, -0.2) is 10.4 Å². The molecule has 4 atom stereocenters. The second-order valence-electron chi connectivity index (χ2n) is 6.35. The average molecular weight is 477 g/mol. The van der Waals surface area contributed by atoms with Crippen LogP contribution in [0.4, 0.5) is 11.4 Å². The molecular weight excluding hydrogens is 454 g/mol. The minimum Gasteiger partial charge on any atom is -0.595 e. The molecule has 0 radical (unpaired) electrons. The molecule has 15 nitrogen and oxygen atoms in total. The van der Waals surface area contributed by atoms with Crippen molar-refractivity contribution in [1.82, 2.24) is 10.6 Å². The molecule has 10 N–H and O–H groups in total. The topological polar surface area (TPSA) is 254 Å². The molecule has 0 heterocycles. The highest BCUT2D eigenvalue weighted by Gasteiger charge is 2.24. The Kier molecular flexibility index (Phi) is 11.0. The second kappa shape index (κ2) is 12.9. The smallest absolute Gasteiger partial charge is 0.322 e. The monoisotopic (exact) mass is 477 g/mol. The number of nitrogens with two attached hydrogens (primary N) is 1. The van der Waals surface area contributed by atoms with Gasteiger partial charge in [0.05, 0.1) is 11.0 Å². The first-order valence-corrected chi connectivity index (χ1v) is 9.91. The molecule has 1 aromatic rings. The van der Waals surface area contributed by atoms with Crippen molar-refractivity contribution in [1.29, 1.82) is 0 Å². The highest BCUT2D eigenvalue weighted by Crippen LogP contribution is 2.27. The summed E-state index contributed by atoms with van der Waals surface area (Å²) in [6.45, 7) is -0.729. The number of nitrogens with one attached hydrogen (secondary N) is 4. The minimum atomic E-state index is -1.41. The van der Waals surface area contributed by atoms with Crippen molar-refractivity contribution in [2.75, 3.05) is 12.3 Å². The Bertz CT molecular complexity index is 837. The van der Waals surface area contributed by atoms with E-state index in [9.17, 15) is 34.8 Å². The van der Waals surface area contributed by atoms with Crippen LogP contribution >= 0.6 is 11.8 Å². The maximum atomic E-state index is 12.3. The number of carboxylic acids is 2. The molecule has 178 valence electrons. The first-order valence-electron chi connectivity index (χ1n) is 8.93. The van der Waals surface area contributed by atoms with E-state index in [1.807, 2.05) is 0 Å². The van der Waals surface area contributed by atoms with Gasteiger partial charge in [0, 0.05) is 18.2 Å². The van der Waals surface area contributed by atoms with E-state index in [2.05, 4.69) is 10.6 Å². The summed E-state index contributed by atoms with van der Waals surface area (Å²) in [5.74, 6) is -4.46. The van der Waals surface area contributed by atoms with Gasteiger partial charge < -0.3 is 37.0 Å². The number of thioether (sulfide) groups is 1. The lowest BCUT2D eigenvalue weighted by atomic mass is 10.1. The Morgan fingerprint density at radius 3 is 2.31 bits per heavy atom. The van der Waals surface area contributed by atoms with Gasteiger partial charge in [-0.3, -0.25) is 19.2 Å². The summed E-state index contributed by atoms with van der Waals surface area (Å²) >= 11 is 0.822. The predicted octanol–water partition coefficient (Wildman–Crippen LogP) is -3.54. The van der Waals surface area contributed by atoms with Crippen LogP contribution in [0, 0.1) is 10.4 Å². The zero-order valence-corrected chi connectivity index (χ0v) is 17.3. The van der Waals surface area contributed by atoms with Gasteiger partial charge in [-0.05, 0) is 12.5 Å². The maximum Gasteiger partial charge on any atom is 0.322 e. The molecule has 32 heavy (non-hydrogen) atoms.